The van der Waals surface area contributed by atoms with Crippen LogP contribution in [-0.4, -0.2) is 9.90 Å². The minimum Gasteiger partial charge on any atom is -0.347 e. The second-order valence-corrected chi connectivity index (χ2v) is 4.19. The first-order chi connectivity index (χ1) is 7.36. The molecule has 0 saturated carbocycles. The normalized spacial score (nSPS) is 10.4. The van der Waals surface area contributed by atoms with Gasteiger partial charge >= 0.3 is 0 Å². The first kappa shape index (κ1) is 10.3. The van der Waals surface area contributed by atoms with Crippen LogP contribution in [0, 0.1) is 11.3 Å². The number of fused-ring (bicyclic) bond motifs is 1. The molecule has 0 fully saturated rings. The van der Waals surface area contributed by atoms with E-state index in [2.05, 4.69) is 32.6 Å². The molecule has 0 radical (unpaired) electrons. The Bertz CT molecular complexity index is 508. The highest BCUT2D eigenvalue weighted by atomic mass is 79.9. The van der Waals surface area contributed by atoms with Crippen LogP contribution in [0.1, 0.15) is 12.0 Å². The summed E-state index contributed by atoms with van der Waals surface area (Å²) in [5.74, 6) is 0. The molecule has 2 nitrogen and oxygen atoms in total. The molecule has 0 aliphatic rings. The van der Waals surface area contributed by atoms with Gasteiger partial charge in [-0.1, -0.05) is 22.0 Å². The summed E-state index contributed by atoms with van der Waals surface area (Å²) < 4.78 is 2.19. The van der Waals surface area contributed by atoms with E-state index in [9.17, 15) is 0 Å². The van der Waals surface area contributed by atoms with Gasteiger partial charge in [-0.25, -0.2) is 0 Å². The van der Waals surface area contributed by atoms with Crippen LogP contribution in [0.15, 0.2) is 30.5 Å². The number of halogens is 1. The number of hydrogen-bond donors (Lipinski definition) is 0. The number of benzene rings is 1. The third-order valence-electron chi connectivity index (χ3n) is 2.47. The van der Waals surface area contributed by atoms with E-state index in [1.165, 1.54) is 0 Å². The van der Waals surface area contributed by atoms with Gasteiger partial charge in [0.25, 0.3) is 0 Å². The van der Waals surface area contributed by atoms with Crippen LogP contribution in [0.4, 0.5) is 0 Å². The van der Waals surface area contributed by atoms with Crippen LogP contribution in [0.5, 0.6) is 0 Å². The van der Waals surface area contributed by atoms with E-state index in [4.69, 9.17) is 5.26 Å². The van der Waals surface area contributed by atoms with Crippen molar-refractivity contribution in [2.75, 3.05) is 5.33 Å². The van der Waals surface area contributed by atoms with Crippen molar-refractivity contribution >= 4 is 26.8 Å². The number of aryl methyl sites for hydroxylation is 1. The van der Waals surface area contributed by atoms with Gasteiger partial charge in [0.2, 0.25) is 0 Å². The molecule has 3 heteroatoms. The summed E-state index contributed by atoms with van der Waals surface area (Å²) in [6.07, 6.45) is 3.15. The second kappa shape index (κ2) is 4.50. The number of alkyl halides is 1. The quantitative estimate of drug-likeness (QED) is 0.781. The maximum atomic E-state index is 8.95. The third kappa shape index (κ3) is 1.91. The number of aromatic nitrogens is 1. The molecule has 0 atom stereocenters. The lowest BCUT2D eigenvalue weighted by Gasteiger charge is -2.03. The highest BCUT2D eigenvalue weighted by Gasteiger charge is 2.03. The minimum atomic E-state index is 0.755. The molecule has 0 N–H and O–H groups in total. The predicted molar refractivity (Wildman–Crippen MR) is 65.1 cm³/mol. The van der Waals surface area contributed by atoms with Crippen LogP contribution in [0.2, 0.25) is 0 Å². The van der Waals surface area contributed by atoms with E-state index in [0.717, 1.165) is 34.8 Å². The molecule has 76 valence electrons. The van der Waals surface area contributed by atoms with Gasteiger partial charge in [0, 0.05) is 29.0 Å². The molecule has 0 amide bonds. The molecule has 0 saturated heterocycles. The van der Waals surface area contributed by atoms with E-state index in [1.54, 1.807) is 0 Å². The fourth-order valence-electron chi connectivity index (χ4n) is 1.75. The average Bonchev–Trinajstić information content (AvgIpc) is 2.69. The molecule has 1 aromatic carbocycles. The largest absolute Gasteiger partial charge is 0.347 e. The number of nitriles is 1. The zero-order valence-corrected chi connectivity index (χ0v) is 9.87. The predicted octanol–water partition coefficient (Wildman–Crippen LogP) is 3.30. The highest BCUT2D eigenvalue weighted by Crippen LogP contribution is 2.19. The standard InChI is InChI=1S/C12H11BrN2/c13-6-2-7-15-8-5-11-10(9-14)3-1-4-12(11)15/h1,3-5,8H,2,6-7H2. The van der Waals surface area contributed by atoms with Crippen LogP contribution < -0.4 is 0 Å². The molecule has 0 unspecified atom stereocenters. The second-order valence-electron chi connectivity index (χ2n) is 3.40. The summed E-state index contributed by atoms with van der Waals surface area (Å²) >= 11 is 3.42. The summed E-state index contributed by atoms with van der Waals surface area (Å²) in [5.41, 5.74) is 1.90. The van der Waals surface area contributed by atoms with Crippen molar-refractivity contribution in [1.82, 2.24) is 4.57 Å². The molecule has 1 aromatic heterocycles. The average molecular weight is 263 g/mol. The molecule has 0 aliphatic heterocycles. The Labute approximate surface area is 97.3 Å². The van der Waals surface area contributed by atoms with Crippen LogP contribution >= 0.6 is 15.9 Å². The number of nitrogens with zero attached hydrogens (tertiary/aromatic N) is 2. The van der Waals surface area contributed by atoms with Gasteiger partial charge in [-0.05, 0) is 24.6 Å². The number of rotatable bonds is 3. The van der Waals surface area contributed by atoms with Crippen molar-refractivity contribution in [1.29, 1.82) is 5.26 Å². The highest BCUT2D eigenvalue weighted by molar-refractivity contribution is 9.09. The zero-order chi connectivity index (χ0) is 10.7. The topological polar surface area (TPSA) is 28.7 Å². The zero-order valence-electron chi connectivity index (χ0n) is 8.28. The first-order valence-electron chi connectivity index (χ1n) is 4.90. The van der Waals surface area contributed by atoms with Crippen molar-refractivity contribution in [2.45, 2.75) is 13.0 Å². The monoisotopic (exact) mass is 262 g/mol. The molecule has 15 heavy (non-hydrogen) atoms. The lowest BCUT2D eigenvalue weighted by atomic mass is 10.1. The SMILES string of the molecule is N#Cc1cccc2c1ccn2CCCBr. The summed E-state index contributed by atoms with van der Waals surface area (Å²) in [7, 11) is 0. The Balaban J connectivity index is 2.47. The summed E-state index contributed by atoms with van der Waals surface area (Å²) in [6, 6.07) is 10.1. The molecule has 0 bridgehead atoms. The van der Waals surface area contributed by atoms with E-state index < -0.39 is 0 Å². The molecular formula is C12H11BrN2. The Kier molecular flexibility index (Phi) is 3.08. The van der Waals surface area contributed by atoms with Crippen molar-refractivity contribution in [3.8, 4) is 6.07 Å². The summed E-state index contributed by atoms with van der Waals surface area (Å²) in [4.78, 5) is 0. The number of hydrogen-bond acceptors (Lipinski definition) is 1. The maximum Gasteiger partial charge on any atom is 0.0998 e. The molecule has 2 aromatic rings. The van der Waals surface area contributed by atoms with E-state index in [1.807, 2.05) is 24.4 Å². The Morgan fingerprint density at radius 2 is 2.20 bits per heavy atom. The third-order valence-corrected chi connectivity index (χ3v) is 3.03. The Hall–Kier alpha value is -1.27. The van der Waals surface area contributed by atoms with Crippen molar-refractivity contribution in [3.05, 3.63) is 36.0 Å². The van der Waals surface area contributed by atoms with E-state index in [-0.39, 0.29) is 0 Å². The van der Waals surface area contributed by atoms with Gasteiger partial charge in [0.15, 0.2) is 0 Å². The minimum absolute atomic E-state index is 0.755. The molecule has 0 aliphatic carbocycles. The summed E-state index contributed by atoms with van der Waals surface area (Å²) in [6.45, 7) is 0.990. The first-order valence-corrected chi connectivity index (χ1v) is 6.03. The molecule has 2 rings (SSSR count). The maximum absolute atomic E-state index is 8.95. The van der Waals surface area contributed by atoms with Crippen molar-refractivity contribution < 1.29 is 0 Å². The van der Waals surface area contributed by atoms with Gasteiger partial charge in [-0.3, -0.25) is 0 Å². The van der Waals surface area contributed by atoms with E-state index >= 15 is 0 Å². The van der Waals surface area contributed by atoms with Crippen molar-refractivity contribution in [2.24, 2.45) is 0 Å². The van der Waals surface area contributed by atoms with Gasteiger partial charge in [0.1, 0.15) is 0 Å². The summed E-state index contributed by atoms with van der Waals surface area (Å²) in [5, 5.41) is 11.0. The van der Waals surface area contributed by atoms with Crippen LogP contribution in [0.25, 0.3) is 10.9 Å². The van der Waals surface area contributed by atoms with E-state index in [0.29, 0.717) is 0 Å². The molecular weight excluding hydrogens is 252 g/mol. The van der Waals surface area contributed by atoms with Crippen molar-refractivity contribution in [3.63, 3.8) is 0 Å². The van der Waals surface area contributed by atoms with Gasteiger partial charge in [0.05, 0.1) is 11.6 Å². The van der Waals surface area contributed by atoms with Gasteiger partial charge < -0.3 is 4.57 Å². The fourth-order valence-corrected chi connectivity index (χ4v) is 2.00. The Morgan fingerprint density at radius 3 is 2.93 bits per heavy atom. The Morgan fingerprint density at radius 1 is 1.33 bits per heavy atom. The molecule has 0 spiro atoms. The smallest absolute Gasteiger partial charge is 0.0998 e. The van der Waals surface area contributed by atoms with Gasteiger partial charge in [-0.15, -0.1) is 0 Å². The lowest BCUT2D eigenvalue weighted by Crippen LogP contribution is -1.96. The van der Waals surface area contributed by atoms with Crippen LogP contribution in [0.3, 0.4) is 0 Å². The fraction of sp³-hybridized carbons (Fsp3) is 0.250. The molecule has 1 heterocycles. The van der Waals surface area contributed by atoms with Gasteiger partial charge in [-0.2, -0.15) is 5.26 Å². The van der Waals surface area contributed by atoms with Crippen LogP contribution in [-0.2, 0) is 6.54 Å². The lowest BCUT2D eigenvalue weighted by molar-refractivity contribution is 0.711.